The number of nitrogens with zero attached hydrogens (tertiary/aromatic N) is 3. The number of likely N-dealkylation sites (tertiary alicyclic amines) is 1. The Morgan fingerprint density at radius 3 is 2.94 bits per heavy atom. The van der Waals surface area contributed by atoms with Crippen LogP contribution in [0.15, 0.2) is 6.07 Å². The lowest BCUT2D eigenvalue weighted by molar-refractivity contribution is 0.206. The average Bonchev–Trinajstić information content (AvgIpc) is 2.21. The molecule has 0 aliphatic carbocycles. The fraction of sp³-hybridized carbons (Fsp3) is 0.636. The first kappa shape index (κ1) is 12.4. The number of nitrogens with two attached hydrogens (primary N) is 1. The predicted molar refractivity (Wildman–Crippen MR) is 70.1 cm³/mol. The van der Waals surface area contributed by atoms with Gasteiger partial charge < -0.3 is 16.0 Å². The summed E-state index contributed by atoms with van der Waals surface area (Å²) >= 11 is 5.85. The Kier molecular flexibility index (Phi) is 3.69. The van der Waals surface area contributed by atoms with Gasteiger partial charge in [0.1, 0.15) is 11.0 Å². The molecule has 1 fully saturated rings. The van der Waals surface area contributed by atoms with Gasteiger partial charge in [0.15, 0.2) is 0 Å². The van der Waals surface area contributed by atoms with Gasteiger partial charge in [0, 0.05) is 18.7 Å². The smallest absolute Gasteiger partial charge is 0.223 e. The Balaban J connectivity index is 2.05. The van der Waals surface area contributed by atoms with Gasteiger partial charge in [0.05, 0.1) is 0 Å². The molecule has 94 valence electrons. The number of hydrogen-bond acceptors (Lipinski definition) is 5. The summed E-state index contributed by atoms with van der Waals surface area (Å²) in [7, 11) is 2.15. The van der Waals surface area contributed by atoms with Crippen molar-refractivity contribution < 1.29 is 0 Å². The highest BCUT2D eigenvalue weighted by atomic mass is 35.5. The molecular weight excluding hydrogens is 238 g/mol. The highest BCUT2D eigenvalue weighted by Gasteiger charge is 2.24. The third kappa shape index (κ3) is 3.20. The summed E-state index contributed by atoms with van der Waals surface area (Å²) in [6, 6.07) is 2.12. The number of nitrogen functional groups attached to an aromatic ring is 1. The third-order valence-electron chi connectivity index (χ3n) is 3.15. The molecule has 0 spiro atoms. The first-order valence-corrected chi connectivity index (χ1v) is 6.17. The summed E-state index contributed by atoms with van der Waals surface area (Å²) < 4.78 is 0. The van der Waals surface area contributed by atoms with Crippen LogP contribution in [0.1, 0.15) is 13.3 Å². The molecule has 1 aliphatic heterocycles. The molecule has 0 amide bonds. The van der Waals surface area contributed by atoms with Crippen molar-refractivity contribution in [3.8, 4) is 0 Å². The van der Waals surface area contributed by atoms with Gasteiger partial charge >= 0.3 is 0 Å². The molecule has 17 heavy (non-hydrogen) atoms. The van der Waals surface area contributed by atoms with Crippen molar-refractivity contribution in [2.24, 2.45) is 5.92 Å². The summed E-state index contributed by atoms with van der Waals surface area (Å²) in [6.07, 6.45) is 1.10. The number of piperidine rings is 1. The summed E-state index contributed by atoms with van der Waals surface area (Å²) in [5.74, 6) is 1.49. The van der Waals surface area contributed by atoms with Gasteiger partial charge in [-0.15, -0.1) is 0 Å². The van der Waals surface area contributed by atoms with Gasteiger partial charge in [-0.05, 0) is 25.9 Å². The van der Waals surface area contributed by atoms with Gasteiger partial charge in [-0.1, -0.05) is 18.5 Å². The van der Waals surface area contributed by atoms with Crippen molar-refractivity contribution in [1.82, 2.24) is 14.9 Å². The Hall–Kier alpha value is -1.07. The zero-order valence-corrected chi connectivity index (χ0v) is 10.9. The van der Waals surface area contributed by atoms with E-state index in [9.17, 15) is 0 Å². The maximum atomic E-state index is 5.85. The zero-order chi connectivity index (χ0) is 12.4. The number of halogens is 1. The lowest BCUT2D eigenvalue weighted by atomic mass is 9.94. The summed E-state index contributed by atoms with van der Waals surface area (Å²) in [4.78, 5) is 10.3. The van der Waals surface area contributed by atoms with Gasteiger partial charge in [0.2, 0.25) is 5.95 Å². The van der Waals surface area contributed by atoms with Crippen LogP contribution in [0.4, 0.5) is 11.8 Å². The zero-order valence-electron chi connectivity index (χ0n) is 10.2. The lowest BCUT2D eigenvalue weighted by Crippen LogP contribution is -2.43. The number of rotatable bonds is 2. The van der Waals surface area contributed by atoms with Crippen molar-refractivity contribution in [2.45, 2.75) is 19.4 Å². The van der Waals surface area contributed by atoms with Crippen LogP contribution >= 0.6 is 11.6 Å². The Bertz CT molecular complexity index is 377. The van der Waals surface area contributed by atoms with Crippen molar-refractivity contribution in [2.75, 3.05) is 31.2 Å². The Morgan fingerprint density at radius 1 is 1.53 bits per heavy atom. The number of hydrogen-bond donors (Lipinski definition) is 2. The van der Waals surface area contributed by atoms with E-state index in [1.165, 1.54) is 0 Å². The summed E-state index contributed by atoms with van der Waals surface area (Å²) in [5.41, 5.74) is 5.57. The average molecular weight is 256 g/mol. The third-order valence-corrected chi connectivity index (χ3v) is 3.35. The fourth-order valence-corrected chi connectivity index (χ4v) is 2.46. The van der Waals surface area contributed by atoms with E-state index in [0.717, 1.165) is 19.5 Å². The van der Waals surface area contributed by atoms with Crippen LogP contribution in [-0.2, 0) is 0 Å². The molecule has 2 rings (SSSR count). The topological polar surface area (TPSA) is 67.1 Å². The van der Waals surface area contributed by atoms with Crippen LogP contribution in [0.5, 0.6) is 0 Å². The molecule has 0 aromatic carbocycles. The normalized spacial score (nSPS) is 25.8. The van der Waals surface area contributed by atoms with Gasteiger partial charge in [-0.2, -0.15) is 4.98 Å². The van der Waals surface area contributed by atoms with Crippen LogP contribution in [-0.4, -0.2) is 41.0 Å². The summed E-state index contributed by atoms with van der Waals surface area (Å²) in [6.45, 7) is 4.42. The second-order valence-corrected chi connectivity index (χ2v) is 5.10. The molecule has 3 N–H and O–H groups in total. The van der Waals surface area contributed by atoms with E-state index in [-0.39, 0.29) is 5.95 Å². The lowest BCUT2D eigenvalue weighted by Gasteiger charge is -2.35. The Morgan fingerprint density at radius 2 is 2.29 bits per heavy atom. The molecule has 2 atom stereocenters. The molecule has 1 aromatic rings. The van der Waals surface area contributed by atoms with E-state index in [0.29, 0.717) is 22.9 Å². The second kappa shape index (κ2) is 5.06. The van der Waals surface area contributed by atoms with Crippen LogP contribution in [0.25, 0.3) is 0 Å². The maximum Gasteiger partial charge on any atom is 0.223 e. The van der Waals surface area contributed by atoms with Gasteiger partial charge in [-0.25, -0.2) is 4.98 Å². The van der Waals surface area contributed by atoms with E-state index < -0.39 is 0 Å². The standard InChI is InChI=1S/C11H18ClN5/c1-7-6-17(2)4-3-8(7)14-10-5-9(12)15-11(13)16-10/h5,7-8H,3-4,6H2,1-2H3,(H3,13,14,15,16). The van der Waals surface area contributed by atoms with Crippen LogP contribution in [0.2, 0.25) is 5.15 Å². The van der Waals surface area contributed by atoms with E-state index >= 15 is 0 Å². The molecule has 1 aliphatic rings. The molecule has 5 nitrogen and oxygen atoms in total. The van der Waals surface area contributed by atoms with Crippen molar-refractivity contribution in [3.63, 3.8) is 0 Å². The van der Waals surface area contributed by atoms with Gasteiger partial charge in [-0.3, -0.25) is 0 Å². The minimum absolute atomic E-state index is 0.209. The minimum atomic E-state index is 0.209. The highest BCUT2D eigenvalue weighted by molar-refractivity contribution is 6.29. The molecule has 2 unspecified atom stereocenters. The van der Waals surface area contributed by atoms with E-state index in [4.69, 9.17) is 17.3 Å². The monoisotopic (exact) mass is 255 g/mol. The molecule has 6 heteroatoms. The highest BCUT2D eigenvalue weighted by Crippen LogP contribution is 2.21. The maximum absolute atomic E-state index is 5.85. The van der Waals surface area contributed by atoms with Crippen molar-refractivity contribution >= 4 is 23.4 Å². The van der Waals surface area contributed by atoms with Crippen LogP contribution in [0, 0.1) is 5.92 Å². The van der Waals surface area contributed by atoms with Crippen LogP contribution < -0.4 is 11.1 Å². The quantitative estimate of drug-likeness (QED) is 0.784. The number of aromatic nitrogens is 2. The SMILES string of the molecule is CC1CN(C)CCC1Nc1cc(Cl)nc(N)n1. The first-order valence-electron chi connectivity index (χ1n) is 5.79. The van der Waals surface area contributed by atoms with E-state index in [1.807, 2.05) is 0 Å². The van der Waals surface area contributed by atoms with Crippen molar-refractivity contribution in [3.05, 3.63) is 11.2 Å². The molecule has 0 radical (unpaired) electrons. The van der Waals surface area contributed by atoms with E-state index in [1.54, 1.807) is 6.07 Å². The Labute approximate surface area is 106 Å². The molecule has 0 bridgehead atoms. The molecule has 1 saturated heterocycles. The van der Waals surface area contributed by atoms with Crippen molar-refractivity contribution in [1.29, 1.82) is 0 Å². The minimum Gasteiger partial charge on any atom is -0.368 e. The fourth-order valence-electron chi connectivity index (χ4n) is 2.27. The number of nitrogens with one attached hydrogen (secondary N) is 1. The molecule has 1 aromatic heterocycles. The second-order valence-electron chi connectivity index (χ2n) is 4.71. The predicted octanol–water partition coefficient (Wildman–Crippen LogP) is 1.46. The van der Waals surface area contributed by atoms with Gasteiger partial charge in [0.25, 0.3) is 0 Å². The largest absolute Gasteiger partial charge is 0.368 e. The number of anilines is 2. The molecular formula is C11H18ClN5. The van der Waals surface area contributed by atoms with Crippen LogP contribution in [0.3, 0.4) is 0 Å². The molecule has 2 heterocycles. The molecule has 0 saturated carbocycles. The van der Waals surface area contributed by atoms with E-state index in [2.05, 4.69) is 34.2 Å². The summed E-state index contributed by atoms with van der Waals surface area (Å²) in [5, 5.41) is 3.77. The first-order chi connectivity index (χ1) is 8.04.